The van der Waals surface area contributed by atoms with Crippen LogP contribution in [0.4, 0.5) is 10.2 Å². The van der Waals surface area contributed by atoms with Crippen molar-refractivity contribution in [2.45, 2.75) is 13.0 Å². The summed E-state index contributed by atoms with van der Waals surface area (Å²) in [4.78, 5) is 15.9. The summed E-state index contributed by atoms with van der Waals surface area (Å²) in [7, 11) is 0. The van der Waals surface area contributed by atoms with E-state index in [1.54, 1.807) is 10.7 Å². The first kappa shape index (κ1) is 13.3. The van der Waals surface area contributed by atoms with Gasteiger partial charge in [0.15, 0.2) is 5.69 Å². The van der Waals surface area contributed by atoms with E-state index in [2.05, 4.69) is 15.4 Å². The number of aryl methyl sites for hydroxylation is 1. The Balaban J connectivity index is 1.80. The number of hydrogen-bond donors (Lipinski definition) is 1. The minimum absolute atomic E-state index is 0.254. The molecule has 0 saturated heterocycles. The summed E-state index contributed by atoms with van der Waals surface area (Å²) < 4.78 is 20.5. The predicted molar refractivity (Wildman–Crippen MR) is 77.2 cm³/mol. The van der Waals surface area contributed by atoms with Crippen LogP contribution in [0.15, 0.2) is 18.3 Å². The van der Waals surface area contributed by atoms with Crippen molar-refractivity contribution in [1.29, 1.82) is 0 Å². The summed E-state index contributed by atoms with van der Waals surface area (Å²) >= 11 is 1.91. The number of nitrogens with one attached hydrogen (secondary N) is 1. The van der Waals surface area contributed by atoms with Crippen molar-refractivity contribution in [1.82, 2.24) is 14.8 Å². The summed E-state index contributed by atoms with van der Waals surface area (Å²) in [5, 5.41) is 6.78. The molecule has 6 nitrogen and oxygen atoms in total. The van der Waals surface area contributed by atoms with Gasteiger partial charge in [-0.3, -0.25) is 4.79 Å². The Morgan fingerprint density at radius 2 is 2.35 bits per heavy atom. The molecule has 1 N–H and O–H groups in total. The van der Waals surface area contributed by atoms with E-state index in [9.17, 15) is 9.18 Å². The maximum Gasteiger partial charge on any atom is 0.277 e. The van der Waals surface area contributed by atoms with E-state index in [1.807, 2.05) is 22.6 Å². The fourth-order valence-corrected chi connectivity index (χ4v) is 2.43. The van der Waals surface area contributed by atoms with Crippen molar-refractivity contribution in [2.75, 3.05) is 11.9 Å². The Morgan fingerprint density at radius 1 is 1.50 bits per heavy atom. The van der Waals surface area contributed by atoms with Crippen LogP contribution in [0.2, 0.25) is 0 Å². The van der Waals surface area contributed by atoms with Crippen molar-refractivity contribution in [3.8, 4) is 5.88 Å². The number of ether oxygens (including phenoxy) is 1. The van der Waals surface area contributed by atoms with Gasteiger partial charge in [0.1, 0.15) is 11.6 Å². The first-order valence-electron chi connectivity index (χ1n) is 5.96. The zero-order valence-electron chi connectivity index (χ0n) is 10.3. The van der Waals surface area contributed by atoms with Gasteiger partial charge in [-0.25, -0.2) is 14.1 Å². The second-order valence-electron chi connectivity index (χ2n) is 4.23. The van der Waals surface area contributed by atoms with E-state index >= 15 is 0 Å². The number of halogens is 2. The van der Waals surface area contributed by atoms with Gasteiger partial charge in [0, 0.05) is 19.0 Å². The Bertz CT molecular complexity index is 650. The molecule has 1 aliphatic rings. The quantitative estimate of drug-likeness (QED) is 0.800. The number of amides is 1. The fourth-order valence-electron chi connectivity index (χ4n) is 1.86. The van der Waals surface area contributed by atoms with Gasteiger partial charge in [0.05, 0.1) is 16.4 Å². The third kappa shape index (κ3) is 2.60. The Morgan fingerprint density at radius 3 is 3.10 bits per heavy atom. The molecule has 104 valence electrons. The number of fused-ring (bicyclic) bond motifs is 1. The fraction of sp³-hybridized carbons (Fsp3) is 0.250. The normalized spacial score (nSPS) is 13.5. The van der Waals surface area contributed by atoms with E-state index < -0.39 is 11.7 Å². The van der Waals surface area contributed by atoms with Crippen LogP contribution < -0.4 is 10.1 Å². The molecule has 0 bridgehead atoms. The number of carbonyl (C=O) groups is 1. The lowest BCUT2D eigenvalue weighted by atomic mass is 10.3. The van der Waals surface area contributed by atoms with Crippen molar-refractivity contribution < 1.29 is 13.9 Å². The van der Waals surface area contributed by atoms with Crippen LogP contribution in [-0.4, -0.2) is 27.3 Å². The third-order valence-corrected chi connectivity index (χ3v) is 3.60. The van der Waals surface area contributed by atoms with Gasteiger partial charge < -0.3 is 10.1 Å². The van der Waals surface area contributed by atoms with Crippen LogP contribution in [0.5, 0.6) is 5.88 Å². The predicted octanol–water partition coefficient (Wildman–Crippen LogP) is 2.06. The SMILES string of the molecule is O=C(Nc1ncc(F)cc1I)c1cc2n(n1)CCCO2. The molecule has 0 atom stereocenters. The van der Waals surface area contributed by atoms with Gasteiger partial charge in [-0.2, -0.15) is 5.10 Å². The molecule has 0 fully saturated rings. The highest BCUT2D eigenvalue weighted by Gasteiger charge is 2.19. The van der Waals surface area contributed by atoms with Gasteiger partial charge >= 0.3 is 0 Å². The first-order chi connectivity index (χ1) is 9.63. The van der Waals surface area contributed by atoms with Gasteiger partial charge in [-0.05, 0) is 28.7 Å². The lowest BCUT2D eigenvalue weighted by Crippen LogP contribution is -2.16. The molecule has 8 heteroatoms. The number of aromatic nitrogens is 3. The highest BCUT2D eigenvalue weighted by Crippen LogP contribution is 2.20. The maximum atomic E-state index is 13.0. The van der Waals surface area contributed by atoms with Crippen molar-refractivity contribution >= 4 is 34.3 Å². The lowest BCUT2D eigenvalue weighted by molar-refractivity contribution is 0.102. The molecule has 0 aromatic carbocycles. The van der Waals surface area contributed by atoms with Crippen LogP contribution in [0, 0.1) is 9.39 Å². The second-order valence-corrected chi connectivity index (χ2v) is 5.39. The molecule has 0 unspecified atom stereocenters. The van der Waals surface area contributed by atoms with Crippen LogP contribution in [-0.2, 0) is 6.54 Å². The summed E-state index contributed by atoms with van der Waals surface area (Å²) in [5.74, 6) is 0.0535. The maximum absolute atomic E-state index is 13.0. The molecule has 1 aliphatic heterocycles. The number of carbonyl (C=O) groups excluding carboxylic acids is 1. The monoisotopic (exact) mass is 388 g/mol. The van der Waals surface area contributed by atoms with Gasteiger partial charge in [-0.1, -0.05) is 0 Å². The Hall–Kier alpha value is -1.71. The minimum atomic E-state index is -0.446. The molecule has 2 aromatic rings. The second kappa shape index (κ2) is 5.35. The number of pyridine rings is 1. The molecule has 0 saturated carbocycles. The van der Waals surface area contributed by atoms with Crippen LogP contribution >= 0.6 is 22.6 Å². The van der Waals surface area contributed by atoms with Crippen LogP contribution in [0.3, 0.4) is 0 Å². The highest BCUT2D eigenvalue weighted by atomic mass is 127. The van der Waals surface area contributed by atoms with E-state index in [1.165, 1.54) is 6.07 Å². The molecule has 0 spiro atoms. The molecule has 3 rings (SSSR count). The number of nitrogens with zero attached hydrogens (tertiary/aromatic N) is 3. The topological polar surface area (TPSA) is 69.0 Å². The molecule has 3 heterocycles. The zero-order valence-corrected chi connectivity index (χ0v) is 12.4. The minimum Gasteiger partial charge on any atom is -0.478 e. The summed E-state index contributed by atoms with van der Waals surface area (Å²) in [6.07, 6.45) is 1.92. The van der Waals surface area contributed by atoms with E-state index in [4.69, 9.17) is 4.74 Å². The van der Waals surface area contributed by atoms with Gasteiger partial charge in [0.25, 0.3) is 5.91 Å². The molecular weight excluding hydrogens is 378 g/mol. The molecule has 0 radical (unpaired) electrons. The van der Waals surface area contributed by atoms with Crippen molar-refractivity contribution in [2.24, 2.45) is 0 Å². The smallest absolute Gasteiger partial charge is 0.277 e. The lowest BCUT2D eigenvalue weighted by Gasteiger charge is -2.13. The van der Waals surface area contributed by atoms with Crippen LogP contribution in [0.1, 0.15) is 16.9 Å². The van der Waals surface area contributed by atoms with Crippen molar-refractivity contribution in [3.63, 3.8) is 0 Å². The molecule has 20 heavy (non-hydrogen) atoms. The zero-order chi connectivity index (χ0) is 14.1. The molecule has 2 aromatic heterocycles. The molecule has 1 amide bonds. The highest BCUT2D eigenvalue weighted by molar-refractivity contribution is 14.1. The Labute approximate surface area is 127 Å². The third-order valence-electron chi connectivity index (χ3n) is 2.78. The van der Waals surface area contributed by atoms with Crippen molar-refractivity contribution in [3.05, 3.63) is 33.4 Å². The first-order valence-corrected chi connectivity index (χ1v) is 7.04. The number of hydrogen-bond acceptors (Lipinski definition) is 4. The largest absolute Gasteiger partial charge is 0.478 e. The summed E-state index contributed by atoms with van der Waals surface area (Å²) in [6.45, 7) is 1.36. The number of rotatable bonds is 2. The van der Waals surface area contributed by atoms with E-state index in [0.29, 0.717) is 21.9 Å². The standard InChI is InChI=1S/C12H10FIN4O2/c13-7-4-8(14)11(15-6-7)16-12(19)9-5-10-18(17-9)2-1-3-20-10/h4-6H,1-3H2,(H,15,16,19). The van der Waals surface area contributed by atoms with Gasteiger partial charge in [-0.15, -0.1) is 0 Å². The Kier molecular flexibility index (Phi) is 3.55. The summed E-state index contributed by atoms with van der Waals surface area (Å²) in [5.41, 5.74) is 0.254. The summed E-state index contributed by atoms with van der Waals surface area (Å²) in [6, 6.07) is 2.88. The molecule has 0 aliphatic carbocycles. The van der Waals surface area contributed by atoms with E-state index in [0.717, 1.165) is 19.2 Å². The average molecular weight is 388 g/mol. The molecular formula is C12H10FIN4O2. The number of anilines is 1. The van der Waals surface area contributed by atoms with Gasteiger partial charge in [0.2, 0.25) is 5.88 Å². The van der Waals surface area contributed by atoms with Crippen LogP contribution in [0.25, 0.3) is 0 Å². The average Bonchev–Trinajstić information content (AvgIpc) is 2.86. The van der Waals surface area contributed by atoms with E-state index in [-0.39, 0.29) is 5.69 Å².